The Labute approximate surface area is 159 Å². The van der Waals surface area contributed by atoms with E-state index in [1.54, 1.807) is 24.3 Å². The van der Waals surface area contributed by atoms with Crippen LogP contribution in [0.2, 0.25) is 0 Å². The van der Waals surface area contributed by atoms with E-state index in [4.69, 9.17) is 9.92 Å². The molecule has 0 N–H and O–H groups in total. The Morgan fingerprint density at radius 1 is 1.14 bits per heavy atom. The molecule has 0 aliphatic carbocycles. The van der Waals surface area contributed by atoms with Crippen LogP contribution in [0.25, 0.3) is 0 Å². The standard InChI is InChI=1S/C18H13BF3N3O3/c1-24-15(10-3-6-13(28-19)7-4-10)16(26)25(17(24)27)12-5-2-11(9-23)14(8-12)18(20,21)22/h2-8,15H,19H2,1H3. The van der Waals surface area contributed by atoms with Crippen molar-refractivity contribution in [2.45, 2.75) is 12.2 Å². The Morgan fingerprint density at radius 3 is 2.32 bits per heavy atom. The zero-order valence-corrected chi connectivity index (χ0v) is 14.8. The van der Waals surface area contributed by atoms with Crippen LogP contribution in [0.5, 0.6) is 5.75 Å². The van der Waals surface area contributed by atoms with Crippen molar-refractivity contribution in [2.24, 2.45) is 0 Å². The molecule has 1 aliphatic rings. The highest BCUT2D eigenvalue weighted by atomic mass is 19.4. The van der Waals surface area contributed by atoms with Gasteiger partial charge in [0.25, 0.3) is 5.91 Å². The van der Waals surface area contributed by atoms with Crippen molar-refractivity contribution in [3.05, 3.63) is 59.2 Å². The van der Waals surface area contributed by atoms with Crippen molar-refractivity contribution in [1.82, 2.24) is 4.90 Å². The molecule has 1 fully saturated rings. The summed E-state index contributed by atoms with van der Waals surface area (Å²) in [5.74, 6) is -0.127. The van der Waals surface area contributed by atoms with Crippen molar-refractivity contribution in [1.29, 1.82) is 5.26 Å². The summed E-state index contributed by atoms with van der Waals surface area (Å²) in [4.78, 5) is 27.3. The maximum absolute atomic E-state index is 13.2. The van der Waals surface area contributed by atoms with Crippen LogP contribution in [-0.2, 0) is 11.0 Å². The summed E-state index contributed by atoms with van der Waals surface area (Å²) in [5.41, 5.74) is -1.54. The Bertz CT molecular complexity index is 986. The molecule has 10 heteroatoms. The van der Waals surface area contributed by atoms with Gasteiger partial charge in [0.05, 0.1) is 28.6 Å². The minimum atomic E-state index is -4.80. The second kappa shape index (κ2) is 6.92. The highest BCUT2D eigenvalue weighted by Crippen LogP contribution is 2.38. The molecule has 3 amide bonds. The van der Waals surface area contributed by atoms with Gasteiger partial charge in [-0.2, -0.15) is 18.4 Å². The molecular formula is C18H13BF3N3O3. The molecule has 142 valence electrons. The number of urea groups is 1. The molecule has 0 radical (unpaired) electrons. The molecule has 0 saturated carbocycles. The molecule has 1 aliphatic heterocycles. The van der Waals surface area contributed by atoms with Gasteiger partial charge in [-0.1, -0.05) is 12.1 Å². The summed E-state index contributed by atoms with van der Waals surface area (Å²) in [7, 11) is 2.87. The third-order valence-corrected chi connectivity index (χ3v) is 4.45. The average molecular weight is 387 g/mol. The van der Waals surface area contributed by atoms with Crippen LogP contribution in [-0.4, -0.2) is 31.9 Å². The highest BCUT2D eigenvalue weighted by Gasteiger charge is 2.45. The quantitative estimate of drug-likeness (QED) is 0.600. The fourth-order valence-electron chi connectivity index (χ4n) is 3.04. The zero-order chi connectivity index (χ0) is 20.6. The molecule has 0 bridgehead atoms. The molecule has 0 aromatic heterocycles. The van der Waals surface area contributed by atoms with Gasteiger partial charge in [-0.05, 0) is 35.9 Å². The summed E-state index contributed by atoms with van der Waals surface area (Å²) in [6.45, 7) is 0. The lowest BCUT2D eigenvalue weighted by molar-refractivity contribution is -0.137. The van der Waals surface area contributed by atoms with E-state index in [2.05, 4.69) is 0 Å². The molecule has 0 spiro atoms. The van der Waals surface area contributed by atoms with Gasteiger partial charge < -0.3 is 9.55 Å². The van der Waals surface area contributed by atoms with Crippen molar-refractivity contribution in [3.8, 4) is 11.8 Å². The smallest absolute Gasteiger partial charge is 0.417 e. The number of hydrogen-bond acceptors (Lipinski definition) is 4. The molecule has 2 aromatic carbocycles. The lowest BCUT2D eigenvalue weighted by Gasteiger charge is -2.16. The number of rotatable bonds is 3. The second-order valence-corrected chi connectivity index (χ2v) is 6.08. The van der Waals surface area contributed by atoms with Gasteiger partial charge in [0.2, 0.25) is 0 Å². The summed E-state index contributed by atoms with van der Waals surface area (Å²) in [5, 5.41) is 8.90. The molecule has 1 atom stereocenters. The number of benzene rings is 2. The molecule has 1 unspecified atom stereocenters. The average Bonchev–Trinajstić information content (AvgIpc) is 2.89. The molecule has 28 heavy (non-hydrogen) atoms. The highest BCUT2D eigenvalue weighted by molar-refractivity contribution is 6.21. The van der Waals surface area contributed by atoms with Crippen LogP contribution in [0.3, 0.4) is 0 Å². The number of carbonyl (C=O) groups excluding carboxylic acids is 2. The zero-order valence-electron chi connectivity index (χ0n) is 14.8. The molecular weight excluding hydrogens is 374 g/mol. The van der Waals surface area contributed by atoms with Crippen molar-refractivity contribution >= 4 is 25.7 Å². The number of hydrogen-bond donors (Lipinski definition) is 0. The van der Waals surface area contributed by atoms with Gasteiger partial charge in [-0.15, -0.1) is 0 Å². The Morgan fingerprint density at radius 2 is 1.79 bits per heavy atom. The molecule has 3 rings (SSSR count). The first kappa shape index (κ1) is 19.3. The van der Waals surface area contributed by atoms with E-state index in [0.717, 1.165) is 17.0 Å². The van der Waals surface area contributed by atoms with Crippen LogP contribution in [0, 0.1) is 11.3 Å². The van der Waals surface area contributed by atoms with Crippen molar-refractivity contribution < 1.29 is 27.4 Å². The molecule has 6 nitrogen and oxygen atoms in total. The summed E-state index contributed by atoms with van der Waals surface area (Å²) in [6.07, 6.45) is -4.80. The minimum Gasteiger partial charge on any atom is -0.568 e. The molecule has 2 aromatic rings. The van der Waals surface area contributed by atoms with Crippen LogP contribution in [0.1, 0.15) is 22.7 Å². The first-order chi connectivity index (χ1) is 13.2. The number of amides is 3. The van der Waals surface area contributed by atoms with E-state index >= 15 is 0 Å². The monoisotopic (exact) mass is 387 g/mol. The number of alkyl halides is 3. The maximum Gasteiger partial charge on any atom is 0.417 e. The van der Waals surface area contributed by atoms with E-state index in [-0.39, 0.29) is 5.69 Å². The van der Waals surface area contributed by atoms with Gasteiger partial charge in [0, 0.05) is 7.05 Å². The molecule has 1 heterocycles. The molecule has 1 saturated heterocycles. The van der Waals surface area contributed by atoms with Crippen LogP contribution in [0.4, 0.5) is 23.7 Å². The predicted octanol–water partition coefficient (Wildman–Crippen LogP) is 2.64. The lowest BCUT2D eigenvalue weighted by Crippen LogP contribution is -2.31. The lowest BCUT2D eigenvalue weighted by atomic mass is 10.0. The van der Waals surface area contributed by atoms with Crippen molar-refractivity contribution in [2.75, 3.05) is 11.9 Å². The number of imide groups is 1. The third kappa shape index (κ3) is 3.15. The van der Waals surface area contributed by atoms with Gasteiger partial charge in [0.1, 0.15) is 6.04 Å². The number of nitrogens with zero attached hydrogens (tertiary/aromatic N) is 3. The SMILES string of the molecule is BOc1ccc(C2C(=O)N(c3ccc(C#N)c(C(F)(F)F)c3)C(=O)N2C)cc1. The van der Waals surface area contributed by atoms with E-state index in [9.17, 15) is 22.8 Å². The second-order valence-electron chi connectivity index (χ2n) is 6.08. The summed E-state index contributed by atoms with van der Waals surface area (Å²) < 4.78 is 44.7. The van der Waals surface area contributed by atoms with Gasteiger partial charge >= 0.3 is 20.3 Å². The number of likely N-dealkylation sites (N-methyl/N-ethyl adjacent to an activating group) is 1. The van der Waals surface area contributed by atoms with E-state index in [1.165, 1.54) is 21.2 Å². The normalized spacial score (nSPS) is 17.0. The maximum atomic E-state index is 13.2. The minimum absolute atomic E-state index is 0.246. The Kier molecular flexibility index (Phi) is 4.77. The predicted molar refractivity (Wildman–Crippen MR) is 95.2 cm³/mol. The first-order valence-corrected chi connectivity index (χ1v) is 8.05. The summed E-state index contributed by atoms with van der Waals surface area (Å²) >= 11 is 0. The number of halogens is 3. The van der Waals surface area contributed by atoms with E-state index in [1.807, 2.05) is 0 Å². The fourth-order valence-corrected chi connectivity index (χ4v) is 3.04. The number of nitriles is 1. The van der Waals surface area contributed by atoms with Crippen LogP contribution >= 0.6 is 0 Å². The van der Waals surface area contributed by atoms with Gasteiger partial charge in [-0.25, -0.2) is 9.69 Å². The van der Waals surface area contributed by atoms with Crippen LogP contribution in [0.15, 0.2) is 42.5 Å². The fraction of sp³-hybridized carbons (Fsp3) is 0.167. The topological polar surface area (TPSA) is 73.6 Å². The first-order valence-electron chi connectivity index (χ1n) is 8.05. The van der Waals surface area contributed by atoms with Gasteiger partial charge in [-0.3, -0.25) is 4.79 Å². The Hall–Kier alpha value is -3.48. The van der Waals surface area contributed by atoms with E-state index < -0.39 is 35.3 Å². The van der Waals surface area contributed by atoms with Crippen molar-refractivity contribution in [3.63, 3.8) is 0 Å². The number of carbonyl (C=O) groups is 2. The number of anilines is 1. The summed E-state index contributed by atoms with van der Waals surface area (Å²) in [6, 6.07) is 8.90. The van der Waals surface area contributed by atoms with Crippen LogP contribution < -0.4 is 9.55 Å². The Balaban J connectivity index is 2.03. The largest absolute Gasteiger partial charge is 0.568 e. The van der Waals surface area contributed by atoms with E-state index in [0.29, 0.717) is 22.3 Å². The third-order valence-electron chi connectivity index (χ3n) is 4.45. The van der Waals surface area contributed by atoms with Gasteiger partial charge in [0.15, 0.2) is 0 Å².